The van der Waals surface area contributed by atoms with E-state index in [1.807, 2.05) is 11.0 Å². The molecule has 0 radical (unpaired) electrons. The summed E-state index contributed by atoms with van der Waals surface area (Å²) in [5.74, 6) is 0.729. The van der Waals surface area contributed by atoms with E-state index in [0.717, 1.165) is 34.9 Å². The van der Waals surface area contributed by atoms with Gasteiger partial charge in [-0.05, 0) is 46.8 Å². The van der Waals surface area contributed by atoms with Crippen molar-refractivity contribution in [1.29, 1.82) is 0 Å². The zero-order valence-corrected chi connectivity index (χ0v) is 14.0. The average molecular weight is 396 g/mol. The van der Waals surface area contributed by atoms with Gasteiger partial charge in [-0.15, -0.1) is 0 Å². The van der Waals surface area contributed by atoms with Crippen LogP contribution in [0.4, 0.5) is 0 Å². The second-order valence-electron chi connectivity index (χ2n) is 4.72. The van der Waals surface area contributed by atoms with Crippen molar-refractivity contribution in [2.75, 3.05) is 13.1 Å². The van der Waals surface area contributed by atoms with Crippen LogP contribution < -0.4 is 0 Å². The Kier molecular flexibility index (Phi) is 4.73. The van der Waals surface area contributed by atoms with Gasteiger partial charge in [0.05, 0.1) is 10.6 Å². The smallest absolute Gasteiger partial charge is 0.255 e. The maximum absolute atomic E-state index is 12.4. The summed E-state index contributed by atoms with van der Waals surface area (Å²) in [5, 5.41) is 0.488. The molecular formula is C13H14Br2ClNO. The van der Waals surface area contributed by atoms with Crippen molar-refractivity contribution in [2.45, 2.75) is 19.8 Å². The minimum atomic E-state index is 0.0221. The molecule has 0 N–H and O–H groups in total. The summed E-state index contributed by atoms with van der Waals surface area (Å²) in [6, 6.07) is 3.63. The van der Waals surface area contributed by atoms with Crippen LogP contribution in [0.15, 0.2) is 21.1 Å². The van der Waals surface area contributed by atoms with E-state index in [9.17, 15) is 4.79 Å². The van der Waals surface area contributed by atoms with E-state index in [2.05, 4.69) is 38.8 Å². The molecule has 5 heteroatoms. The number of carbonyl (C=O) groups is 1. The van der Waals surface area contributed by atoms with E-state index in [-0.39, 0.29) is 5.91 Å². The third-order valence-electron chi connectivity index (χ3n) is 3.29. The number of likely N-dealkylation sites (tertiary alicyclic amines) is 1. The molecule has 1 amide bonds. The first kappa shape index (κ1) is 14.4. The lowest BCUT2D eigenvalue weighted by molar-refractivity contribution is 0.0697. The van der Waals surface area contributed by atoms with Gasteiger partial charge in [0.25, 0.3) is 5.91 Å². The number of benzene rings is 1. The van der Waals surface area contributed by atoms with Gasteiger partial charge in [0, 0.05) is 22.0 Å². The van der Waals surface area contributed by atoms with Crippen LogP contribution in [0, 0.1) is 5.92 Å². The maximum atomic E-state index is 12.4. The Bertz CT molecular complexity index is 470. The van der Waals surface area contributed by atoms with Crippen molar-refractivity contribution in [3.05, 3.63) is 31.7 Å². The van der Waals surface area contributed by atoms with E-state index >= 15 is 0 Å². The van der Waals surface area contributed by atoms with Crippen LogP contribution in [-0.2, 0) is 0 Å². The zero-order chi connectivity index (χ0) is 13.3. The second-order valence-corrected chi connectivity index (χ2v) is 6.87. The van der Waals surface area contributed by atoms with Gasteiger partial charge in [0.1, 0.15) is 0 Å². The largest absolute Gasteiger partial charge is 0.339 e. The first-order valence-electron chi connectivity index (χ1n) is 5.93. The average Bonchev–Trinajstić information content (AvgIpc) is 2.34. The monoisotopic (exact) mass is 393 g/mol. The van der Waals surface area contributed by atoms with Gasteiger partial charge in [0.2, 0.25) is 0 Å². The van der Waals surface area contributed by atoms with E-state index in [1.165, 1.54) is 0 Å². The van der Waals surface area contributed by atoms with Crippen molar-refractivity contribution in [2.24, 2.45) is 5.92 Å². The van der Waals surface area contributed by atoms with Crippen LogP contribution in [-0.4, -0.2) is 23.9 Å². The summed E-state index contributed by atoms with van der Waals surface area (Å²) < 4.78 is 1.60. The number of halogens is 3. The van der Waals surface area contributed by atoms with Crippen molar-refractivity contribution in [1.82, 2.24) is 4.90 Å². The Hall–Kier alpha value is -0.0600. The standard InChI is InChI=1S/C13H14Br2ClNO/c1-8-2-4-17(5-3-8)13(18)10-6-9(14)7-11(15)12(10)16/h6-8H,2-5H2,1H3. The maximum Gasteiger partial charge on any atom is 0.255 e. The predicted molar refractivity (Wildman–Crippen MR) is 81.2 cm³/mol. The van der Waals surface area contributed by atoms with E-state index in [0.29, 0.717) is 16.5 Å². The molecule has 0 unspecified atom stereocenters. The Morgan fingerprint density at radius 3 is 2.56 bits per heavy atom. The summed E-state index contributed by atoms with van der Waals surface area (Å²) in [5.41, 5.74) is 0.562. The van der Waals surface area contributed by atoms with Crippen LogP contribution >= 0.6 is 43.5 Å². The fourth-order valence-electron chi connectivity index (χ4n) is 2.09. The van der Waals surface area contributed by atoms with Gasteiger partial charge in [-0.25, -0.2) is 0 Å². The molecule has 1 aromatic carbocycles. The second kappa shape index (κ2) is 5.93. The minimum Gasteiger partial charge on any atom is -0.339 e. The highest BCUT2D eigenvalue weighted by Gasteiger charge is 2.24. The summed E-state index contributed by atoms with van der Waals surface area (Å²) in [7, 11) is 0. The van der Waals surface area contributed by atoms with E-state index in [1.54, 1.807) is 6.07 Å². The van der Waals surface area contributed by atoms with Crippen molar-refractivity contribution < 1.29 is 4.79 Å². The lowest BCUT2D eigenvalue weighted by Gasteiger charge is -2.30. The summed E-state index contributed by atoms with van der Waals surface area (Å²) >= 11 is 12.9. The minimum absolute atomic E-state index is 0.0221. The molecule has 0 spiro atoms. The van der Waals surface area contributed by atoms with Crippen molar-refractivity contribution in [3.8, 4) is 0 Å². The van der Waals surface area contributed by atoms with Gasteiger partial charge < -0.3 is 4.90 Å². The predicted octanol–water partition coefficient (Wildman–Crippen LogP) is 4.74. The van der Waals surface area contributed by atoms with Gasteiger partial charge >= 0.3 is 0 Å². The Labute approximate surface area is 129 Å². The Morgan fingerprint density at radius 2 is 1.94 bits per heavy atom. The number of carbonyl (C=O) groups excluding carboxylic acids is 1. The number of nitrogens with zero attached hydrogens (tertiary/aromatic N) is 1. The molecule has 2 nitrogen and oxygen atoms in total. The molecule has 1 aromatic rings. The summed E-state index contributed by atoms with van der Waals surface area (Å²) in [4.78, 5) is 14.3. The number of piperidine rings is 1. The Morgan fingerprint density at radius 1 is 1.33 bits per heavy atom. The molecule has 1 aliphatic rings. The zero-order valence-electron chi connectivity index (χ0n) is 10.0. The van der Waals surface area contributed by atoms with Gasteiger partial charge in [0.15, 0.2) is 0 Å². The molecule has 98 valence electrons. The molecule has 1 heterocycles. The fourth-order valence-corrected chi connectivity index (χ4v) is 3.51. The lowest BCUT2D eigenvalue weighted by atomic mass is 9.98. The summed E-state index contributed by atoms with van der Waals surface area (Å²) in [6.07, 6.45) is 2.14. The highest BCUT2D eigenvalue weighted by atomic mass is 79.9. The molecule has 0 aromatic heterocycles. The number of amides is 1. The number of rotatable bonds is 1. The molecule has 18 heavy (non-hydrogen) atoms. The highest BCUT2D eigenvalue weighted by Crippen LogP contribution is 2.31. The van der Waals surface area contributed by atoms with Crippen LogP contribution in [0.2, 0.25) is 5.02 Å². The van der Waals surface area contributed by atoms with Crippen LogP contribution in [0.5, 0.6) is 0 Å². The molecule has 0 atom stereocenters. The molecule has 1 aliphatic heterocycles. The third kappa shape index (κ3) is 3.09. The normalized spacial score (nSPS) is 17.0. The molecule has 0 bridgehead atoms. The SMILES string of the molecule is CC1CCN(C(=O)c2cc(Br)cc(Br)c2Cl)CC1. The molecular weight excluding hydrogens is 381 g/mol. The topological polar surface area (TPSA) is 20.3 Å². The first-order valence-corrected chi connectivity index (χ1v) is 7.89. The van der Waals surface area contributed by atoms with Gasteiger partial charge in [-0.2, -0.15) is 0 Å². The van der Waals surface area contributed by atoms with Crippen LogP contribution in [0.25, 0.3) is 0 Å². The number of hydrogen-bond donors (Lipinski definition) is 0. The van der Waals surface area contributed by atoms with Crippen LogP contribution in [0.1, 0.15) is 30.1 Å². The van der Waals surface area contributed by atoms with Gasteiger partial charge in [-0.1, -0.05) is 34.5 Å². The van der Waals surface area contributed by atoms with Crippen LogP contribution in [0.3, 0.4) is 0 Å². The quantitative estimate of drug-likeness (QED) is 0.629. The lowest BCUT2D eigenvalue weighted by Crippen LogP contribution is -2.38. The third-order valence-corrected chi connectivity index (χ3v) is 5.01. The molecule has 2 rings (SSSR count). The van der Waals surface area contributed by atoms with Crippen molar-refractivity contribution in [3.63, 3.8) is 0 Å². The molecule has 1 fully saturated rings. The molecule has 1 saturated heterocycles. The van der Waals surface area contributed by atoms with E-state index in [4.69, 9.17) is 11.6 Å². The van der Waals surface area contributed by atoms with Gasteiger partial charge in [-0.3, -0.25) is 4.79 Å². The fraction of sp³-hybridized carbons (Fsp3) is 0.462. The molecule has 0 saturated carbocycles. The van der Waals surface area contributed by atoms with Crippen molar-refractivity contribution >= 4 is 49.4 Å². The first-order chi connectivity index (χ1) is 8.49. The Balaban J connectivity index is 2.23. The summed E-state index contributed by atoms with van der Waals surface area (Å²) in [6.45, 7) is 3.87. The number of hydrogen-bond acceptors (Lipinski definition) is 1. The molecule has 0 aliphatic carbocycles. The van der Waals surface area contributed by atoms with E-state index < -0.39 is 0 Å². The highest BCUT2D eigenvalue weighted by molar-refractivity contribution is 9.11.